The first kappa shape index (κ1) is 39.2. The van der Waals surface area contributed by atoms with Gasteiger partial charge in [0.25, 0.3) is 0 Å². The fourth-order valence-electron chi connectivity index (χ4n) is 12.6. The summed E-state index contributed by atoms with van der Waals surface area (Å²) >= 11 is 0. The Morgan fingerprint density at radius 3 is 1.02 bits per heavy atom. The number of nitrogens with zero attached hydrogens (tertiary/aromatic N) is 1. The average Bonchev–Trinajstić information content (AvgIpc) is 3.85. The molecule has 1 heteroatoms. The number of anilines is 3. The second kappa shape index (κ2) is 12.9. The molecule has 0 heterocycles. The van der Waals surface area contributed by atoms with Crippen LogP contribution in [-0.4, -0.2) is 0 Å². The van der Waals surface area contributed by atoms with Crippen LogP contribution in [0.1, 0.15) is 125 Å². The molecule has 8 aromatic rings. The predicted molar refractivity (Wildman–Crippen MR) is 270 cm³/mol. The molecular weight excluding hydrogens is 771 g/mol. The van der Waals surface area contributed by atoms with E-state index in [0.29, 0.717) is 0 Å². The molecule has 4 aliphatic carbocycles. The smallest absolute Gasteiger partial charge is 0.0465 e. The minimum Gasteiger partial charge on any atom is -0.310 e. The van der Waals surface area contributed by atoms with Gasteiger partial charge in [0, 0.05) is 44.1 Å². The molecule has 0 saturated heterocycles. The summed E-state index contributed by atoms with van der Waals surface area (Å²) in [6.07, 6.45) is 0. The lowest BCUT2D eigenvalue weighted by Gasteiger charge is -2.31. The van der Waals surface area contributed by atoms with Gasteiger partial charge in [-0.25, -0.2) is 0 Å². The second-order valence-corrected chi connectivity index (χ2v) is 21.8. The van der Waals surface area contributed by atoms with E-state index in [1.807, 2.05) is 0 Å². The Kier molecular flexibility index (Phi) is 7.87. The monoisotopic (exact) mass is 827 g/mol. The summed E-state index contributed by atoms with van der Waals surface area (Å²) in [5, 5.41) is 0. The first-order valence-electron chi connectivity index (χ1n) is 23.3. The molecule has 12 rings (SSSR count). The lowest BCUT2D eigenvalue weighted by Crippen LogP contribution is -2.20. The van der Waals surface area contributed by atoms with Crippen LogP contribution in [0, 0.1) is 0 Å². The van der Waals surface area contributed by atoms with Gasteiger partial charge in [0.1, 0.15) is 0 Å². The molecule has 314 valence electrons. The molecule has 1 nitrogen and oxygen atoms in total. The van der Waals surface area contributed by atoms with E-state index in [-0.39, 0.29) is 27.1 Å². The van der Waals surface area contributed by atoms with Crippen LogP contribution in [-0.2, 0) is 27.1 Å². The Balaban J connectivity index is 1.00. The molecule has 0 spiro atoms. The Labute approximate surface area is 380 Å². The highest BCUT2D eigenvalue weighted by molar-refractivity contribution is 5.93. The van der Waals surface area contributed by atoms with Gasteiger partial charge in [-0.1, -0.05) is 172 Å². The van der Waals surface area contributed by atoms with E-state index in [2.05, 4.69) is 238 Å². The summed E-state index contributed by atoms with van der Waals surface area (Å²) in [6, 6.07) is 63.0. The molecule has 0 radical (unpaired) electrons. The molecule has 64 heavy (non-hydrogen) atoms. The maximum Gasteiger partial charge on any atom is 0.0465 e. The topological polar surface area (TPSA) is 3.24 Å². The van der Waals surface area contributed by atoms with E-state index in [1.165, 1.54) is 112 Å². The van der Waals surface area contributed by atoms with Crippen molar-refractivity contribution in [1.82, 2.24) is 0 Å². The van der Waals surface area contributed by atoms with Gasteiger partial charge in [0.15, 0.2) is 0 Å². The normalized spacial score (nSPS) is 16.8. The first-order valence-corrected chi connectivity index (χ1v) is 23.3. The zero-order valence-corrected chi connectivity index (χ0v) is 39.0. The van der Waals surface area contributed by atoms with Crippen molar-refractivity contribution in [2.45, 2.75) is 96.3 Å². The summed E-state index contributed by atoms with van der Waals surface area (Å²) in [5.41, 5.74) is 27.8. The van der Waals surface area contributed by atoms with Crippen molar-refractivity contribution in [3.63, 3.8) is 0 Å². The maximum atomic E-state index is 2.53. The van der Waals surface area contributed by atoms with Crippen molar-refractivity contribution in [2.75, 3.05) is 4.90 Å². The van der Waals surface area contributed by atoms with E-state index in [1.54, 1.807) is 0 Å². The molecular formula is C63H57N. The third kappa shape index (κ3) is 5.13. The van der Waals surface area contributed by atoms with Crippen LogP contribution < -0.4 is 4.90 Å². The van der Waals surface area contributed by atoms with Crippen molar-refractivity contribution in [3.05, 3.63) is 219 Å². The van der Waals surface area contributed by atoms with Crippen molar-refractivity contribution in [3.8, 4) is 44.5 Å². The molecule has 0 saturated carbocycles. The van der Waals surface area contributed by atoms with Crippen molar-refractivity contribution >= 4 is 17.1 Å². The average molecular weight is 828 g/mol. The van der Waals surface area contributed by atoms with Crippen molar-refractivity contribution < 1.29 is 0 Å². The minimum absolute atomic E-state index is 0.0480. The second-order valence-electron chi connectivity index (χ2n) is 21.8. The zero-order valence-electron chi connectivity index (χ0n) is 39.0. The number of benzene rings is 8. The van der Waals surface area contributed by atoms with Gasteiger partial charge in [-0.3, -0.25) is 0 Å². The van der Waals surface area contributed by atoms with Gasteiger partial charge in [0.2, 0.25) is 0 Å². The molecule has 0 bridgehead atoms. The van der Waals surface area contributed by atoms with E-state index >= 15 is 0 Å². The van der Waals surface area contributed by atoms with Crippen LogP contribution in [0.25, 0.3) is 44.5 Å². The Morgan fingerprint density at radius 1 is 0.281 bits per heavy atom. The third-order valence-electron chi connectivity index (χ3n) is 16.6. The minimum atomic E-state index is -0.180. The van der Waals surface area contributed by atoms with E-state index in [9.17, 15) is 0 Å². The van der Waals surface area contributed by atoms with Crippen molar-refractivity contribution in [1.29, 1.82) is 0 Å². The number of rotatable bonds is 5. The van der Waals surface area contributed by atoms with E-state index in [4.69, 9.17) is 0 Å². The van der Waals surface area contributed by atoms with Gasteiger partial charge in [-0.15, -0.1) is 0 Å². The summed E-state index contributed by atoms with van der Waals surface area (Å²) in [7, 11) is 0. The molecule has 4 aliphatic rings. The van der Waals surface area contributed by atoms with E-state index < -0.39 is 0 Å². The quantitative estimate of drug-likeness (QED) is 0.167. The summed E-state index contributed by atoms with van der Waals surface area (Å²) in [4.78, 5) is 2.51. The zero-order chi connectivity index (χ0) is 44.3. The Hall–Kier alpha value is -6.44. The highest BCUT2D eigenvalue weighted by atomic mass is 15.1. The van der Waals surface area contributed by atoms with Crippen molar-refractivity contribution in [2.24, 2.45) is 0 Å². The number of fused-ring (bicyclic) bond motifs is 12. The lowest BCUT2D eigenvalue weighted by atomic mass is 9.78. The fourth-order valence-corrected chi connectivity index (χ4v) is 12.6. The Bertz CT molecular complexity index is 3100. The molecule has 0 aromatic heterocycles. The number of hydrogen-bond acceptors (Lipinski definition) is 1. The van der Waals surface area contributed by atoms with Gasteiger partial charge in [0.05, 0.1) is 0 Å². The summed E-state index contributed by atoms with van der Waals surface area (Å²) in [5.74, 6) is 0. The first-order chi connectivity index (χ1) is 30.5. The molecule has 0 amide bonds. The lowest BCUT2D eigenvalue weighted by molar-refractivity contribution is 0.641. The SMILES string of the molecule is CC(C)(c1ccccc1)c1ccc(N(c2ccc3c(c2)C(C)(C)c2cc4c(cc2-3)C(C)(C)c2ccccc2-4)c2ccc3c(c2)C(C)(C)c2cc4c(cc2-3)C(C)(C)c2ccccc2-4)cc1. The third-order valence-corrected chi connectivity index (χ3v) is 16.6. The molecule has 0 fully saturated rings. The fraction of sp³-hybridized carbons (Fsp3) is 0.238. The molecule has 0 N–H and O–H groups in total. The highest BCUT2D eigenvalue weighted by Crippen LogP contribution is 2.59. The highest BCUT2D eigenvalue weighted by Gasteiger charge is 2.44. The maximum absolute atomic E-state index is 2.53. The molecule has 0 aliphatic heterocycles. The Morgan fingerprint density at radius 2 is 0.594 bits per heavy atom. The van der Waals surface area contributed by atoms with Gasteiger partial charge in [-0.05, 0) is 161 Å². The predicted octanol–water partition coefficient (Wildman–Crippen LogP) is 16.7. The number of hydrogen-bond donors (Lipinski definition) is 0. The van der Waals surface area contributed by atoms with Crippen LogP contribution in [0.4, 0.5) is 17.1 Å². The van der Waals surface area contributed by atoms with Crippen LogP contribution in [0.3, 0.4) is 0 Å². The van der Waals surface area contributed by atoms with Crippen LogP contribution in [0.5, 0.6) is 0 Å². The summed E-state index contributed by atoms with van der Waals surface area (Å²) < 4.78 is 0. The molecule has 0 atom stereocenters. The van der Waals surface area contributed by atoms with Crippen LogP contribution in [0.15, 0.2) is 164 Å². The van der Waals surface area contributed by atoms with Gasteiger partial charge in [-0.2, -0.15) is 0 Å². The van der Waals surface area contributed by atoms with Crippen LogP contribution >= 0.6 is 0 Å². The molecule has 0 unspecified atom stereocenters. The van der Waals surface area contributed by atoms with Gasteiger partial charge < -0.3 is 4.90 Å². The van der Waals surface area contributed by atoms with E-state index in [0.717, 1.165) is 5.69 Å². The standard InChI is InChI=1S/C63H57N/c1-59(2,38-18-12-11-13-19-38)39-24-26-40(27-25-39)64(41-28-30-45-49-36-55-47(34-57(49)62(7,8)53(45)32-41)43-20-14-16-22-51(43)60(55,3)4)42-29-31-46-50-37-56-48(35-58(50)63(9,10)54(46)33-42)44-21-15-17-23-52(44)61(56,5)6/h11-37H,1-10H3. The molecule has 8 aromatic carbocycles. The summed E-state index contributed by atoms with van der Waals surface area (Å²) in [6.45, 7) is 23.9. The largest absolute Gasteiger partial charge is 0.310 e. The van der Waals surface area contributed by atoms with Crippen LogP contribution in [0.2, 0.25) is 0 Å². The van der Waals surface area contributed by atoms with Gasteiger partial charge >= 0.3 is 0 Å².